The summed E-state index contributed by atoms with van der Waals surface area (Å²) < 4.78 is 10.7. The van der Waals surface area contributed by atoms with Gasteiger partial charge >= 0.3 is 6.09 Å². The molecule has 168 valence electrons. The van der Waals surface area contributed by atoms with Gasteiger partial charge in [-0.1, -0.05) is 38.5 Å². The number of ether oxygens (including phenoxy) is 2. The average molecular weight is 422 g/mol. The van der Waals surface area contributed by atoms with Gasteiger partial charge in [0.05, 0.1) is 6.54 Å². The first-order valence-corrected chi connectivity index (χ1v) is 10.0. The molecule has 1 aromatic rings. The van der Waals surface area contributed by atoms with Crippen LogP contribution in [0.25, 0.3) is 0 Å². The molecule has 0 aliphatic heterocycles. The number of hydrogen-bond acceptors (Lipinski definition) is 5. The normalized spacial score (nSPS) is 11.4. The van der Waals surface area contributed by atoms with Crippen molar-refractivity contribution in [3.8, 4) is 5.75 Å². The van der Waals surface area contributed by atoms with Gasteiger partial charge in [-0.05, 0) is 44.7 Å². The van der Waals surface area contributed by atoms with E-state index in [1.54, 1.807) is 20.8 Å². The first-order valence-electron chi connectivity index (χ1n) is 10.0. The number of carbonyl (C=O) groups excluding carboxylic acids is 3. The predicted octanol–water partition coefficient (Wildman–Crippen LogP) is 2.43. The van der Waals surface area contributed by atoms with Gasteiger partial charge in [-0.25, -0.2) is 4.79 Å². The van der Waals surface area contributed by atoms with E-state index < -0.39 is 11.7 Å². The Morgan fingerprint density at radius 3 is 2.07 bits per heavy atom. The van der Waals surface area contributed by atoms with Gasteiger partial charge in [0, 0.05) is 13.1 Å². The smallest absolute Gasteiger partial charge is 0.408 e. The highest BCUT2D eigenvalue weighted by Crippen LogP contribution is 2.32. The van der Waals surface area contributed by atoms with Crippen molar-refractivity contribution in [2.45, 2.75) is 59.5 Å². The van der Waals surface area contributed by atoms with Crippen LogP contribution in [0.5, 0.6) is 5.75 Å². The minimum atomic E-state index is -0.658. The van der Waals surface area contributed by atoms with Crippen LogP contribution in [0.3, 0.4) is 0 Å². The molecule has 0 atom stereocenters. The quantitative estimate of drug-likeness (QED) is 0.559. The molecule has 0 heterocycles. The molecule has 0 saturated carbocycles. The van der Waals surface area contributed by atoms with Gasteiger partial charge in [-0.15, -0.1) is 0 Å². The maximum absolute atomic E-state index is 12.0. The zero-order chi connectivity index (χ0) is 22.9. The Kier molecular flexibility index (Phi) is 9.14. The van der Waals surface area contributed by atoms with Crippen molar-refractivity contribution < 1.29 is 23.9 Å². The van der Waals surface area contributed by atoms with Crippen molar-refractivity contribution in [2.75, 3.05) is 26.2 Å². The average Bonchev–Trinajstić information content (AvgIpc) is 2.60. The first kappa shape index (κ1) is 25.3. The van der Waals surface area contributed by atoms with Crippen LogP contribution in [0.4, 0.5) is 4.79 Å². The highest BCUT2D eigenvalue weighted by Gasteiger charge is 2.20. The Bertz CT molecular complexity index is 748. The summed E-state index contributed by atoms with van der Waals surface area (Å²) in [6.45, 7) is 13.7. The molecule has 0 fully saturated rings. The third-order valence-corrected chi connectivity index (χ3v) is 3.86. The maximum atomic E-state index is 12.0. The van der Waals surface area contributed by atoms with E-state index in [9.17, 15) is 14.4 Å². The Labute approximate surface area is 179 Å². The van der Waals surface area contributed by atoms with Crippen molar-refractivity contribution in [2.24, 2.45) is 0 Å². The van der Waals surface area contributed by atoms with Gasteiger partial charge in [0.2, 0.25) is 5.91 Å². The molecule has 0 bridgehead atoms. The van der Waals surface area contributed by atoms with E-state index in [1.807, 2.05) is 19.1 Å². The van der Waals surface area contributed by atoms with E-state index in [0.29, 0.717) is 5.75 Å². The monoisotopic (exact) mass is 421 g/mol. The third kappa shape index (κ3) is 10.1. The maximum Gasteiger partial charge on any atom is 0.408 e. The number of hydrogen-bond donors (Lipinski definition) is 3. The molecular weight excluding hydrogens is 386 g/mol. The number of rotatable bonds is 8. The summed E-state index contributed by atoms with van der Waals surface area (Å²) in [5.41, 5.74) is 1.45. The Morgan fingerprint density at radius 2 is 1.50 bits per heavy atom. The molecule has 0 unspecified atom stereocenters. The van der Waals surface area contributed by atoms with E-state index in [4.69, 9.17) is 9.47 Å². The molecule has 1 rings (SSSR count). The lowest BCUT2D eigenvalue weighted by Crippen LogP contribution is -2.42. The van der Waals surface area contributed by atoms with E-state index in [0.717, 1.165) is 11.1 Å². The molecule has 30 heavy (non-hydrogen) atoms. The second kappa shape index (κ2) is 10.8. The summed E-state index contributed by atoms with van der Waals surface area (Å²) in [7, 11) is 0. The van der Waals surface area contributed by atoms with Crippen LogP contribution in [-0.2, 0) is 19.7 Å². The van der Waals surface area contributed by atoms with Crippen molar-refractivity contribution in [3.05, 3.63) is 29.3 Å². The van der Waals surface area contributed by atoms with Gasteiger partial charge < -0.3 is 25.4 Å². The molecule has 0 radical (unpaired) electrons. The van der Waals surface area contributed by atoms with Gasteiger partial charge in [0.1, 0.15) is 11.4 Å². The van der Waals surface area contributed by atoms with Gasteiger partial charge in [-0.3, -0.25) is 9.59 Å². The highest BCUT2D eigenvalue weighted by atomic mass is 16.6. The summed E-state index contributed by atoms with van der Waals surface area (Å²) in [4.78, 5) is 35.2. The number of carbonyl (C=O) groups is 3. The van der Waals surface area contributed by atoms with Gasteiger partial charge in [-0.2, -0.15) is 0 Å². The lowest BCUT2D eigenvalue weighted by Gasteiger charge is -2.23. The third-order valence-electron chi connectivity index (χ3n) is 3.86. The Hall–Kier alpha value is -2.77. The molecule has 1 aromatic carbocycles. The second-order valence-electron chi connectivity index (χ2n) is 9.09. The standard InChI is InChI=1S/C22H35N3O5/c1-15-8-9-17(16(12-15)21(2,3)4)29-14-19(27)24-11-10-23-18(26)13-25-20(28)30-22(5,6)7/h8-9,12H,10-11,13-14H2,1-7H3,(H,23,26)(H,24,27)(H,25,28). The minimum Gasteiger partial charge on any atom is -0.483 e. The van der Waals surface area contributed by atoms with E-state index in [-0.39, 0.29) is 43.5 Å². The fourth-order valence-corrected chi connectivity index (χ4v) is 2.48. The first-order chi connectivity index (χ1) is 13.8. The molecule has 8 nitrogen and oxygen atoms in total. The summed E-state index contributed by atoms with van der Waals surface area (Å²) in [6, 6.07) is 5.89. The largest absolute Gasteiger partial charge is 0.483 e. The van der Waals surface area contributed by atoms with Gasteiger partial charge in [0.15, 0.2) is 6.61 Å². The Morgan fingerprint density at radius 1 is 0.900 bits per heavy atom. The lowest BCUT2D eigenvalue weighted by atomic mass is 9.85. The number of amides is 3. The molecule has 0 aliphatic rings. The van der Waals surface area contributed by atoms with E-state index >= 15 is 0 Å². The molecule has 0 spiro atoms. The van der Waals surface area contributed by atoms with Crippen LogP contribution in [0.1, 0.15) is 52.7 Å². The molecule has 3 amide bonds. The van der Waals surface area contributed by atoms with E-state index in [2.05, 4.69) is 42.8 Å². The second-order valence-corrected chi connectivity index (χ2v) is 9.09. The van der Waals surface area contributed by atoms with Crippen molar-refractivity contribution in [1.29, 1.82) is 0 Å². The minimum absolute atomic E-state index is 0.102. The predicted molar refractivity (Wildman–Crippen MR) is 116 cm³/mol. The highest BCUT2D eigenvalue weighted by molar-refractivity contribution is 5.82. The zero-order valence-corrected chi connectivity index (χ0v) is 19.1. The summed E-state index contributed by atoms with van der Waals surface area (Å²) >= 11 is 0. The van der Waals surface area contributed by atoms with Crippen LogP contribution < -0.4 is 20.7 Å². The molecule has 0 aromatic heterocycles. The van der Waals surface area contributed by atoms with Crippen LogP contribution in [0.15, 0.2) is 18.2 Å². The number of alkyl carbamates (subject to hydrolysis) is 1. The van der Waals surface area contributed by atoms with Gasteiger partial charge in [0.25, 0.3) is 5.91 Å². The summed E-state index contributed by atoms with van der Waals surface area (Å²) in [5, 5.41) is 7.65. The molecular formula is C22H35N3O5. The topological polar surface area (TPSA) is 106 Å². The van der Waals surface area contributed by atoms with Crippen LogP contribution in [0.2, 0.25) is 0 Å². The summed E-state index contributed by atoms with van der Waals surface area (Å²) in [6.07, 6.45) is -0.658. The fourth-order valence-electron chi connectivity index (χ4n) is 2.48. The number of aryl methyl sites for hydroxylation is 1. The van der Waals surface area contributed by atoms with Crippen LogP contribution in [-0.4, -0.2) is 49.7 Å². The number of nitrogens with one attached hydrogen (secondary N) is 3. The van der Waals surface area contributed by atoms with Crippen molar-refractivity contribution in [3.63, 3.8) is 0 Å². The molecule has 3 N–H and O–H groups in total. The molecule has 0 aliphatic carbocycles. The van der Waals surface area contributed by atoms with Crippen molar-refractivity contribution >= 4 is 17.9 Å². The Balaban J connectivity index is 2.30. The molecule has 8 heteroatoms. The SMILES string of the molecule is Cc1ccc(OCC(=O)NCCNC(=O)CNC(=O)OC(C)(C)C)c(C(C)(C)C)c1. The molecule has 0 saturated heterocycles. The van der Waals surface area contributed by atoms with Crippen molar-refractivity contribution in [1.82, 2.24) is 16.0 Å². The summed E-state index contributed by atoms with van der Waals surface area (Å²) in [5.74, 6) is 0.0298. The number of benzene rings is 1. The van der Waals surface area contributed by atoms with Crippen LogP contribution in [0, 0.1) is 6.92 Å². The lowest BCUT2D eigenvalue weighted by molar-refractivity contribution is -0.123. The van der Waals surface area contributed by atoms with Crippen LogP contribution >= 0.6 is 0 Å². The fraction of sp³-hybridized carbons (Fsp3) is 0.591. The van der Waals surface area contributed by atoms with E-state index in [1.165, 1.54) is 0 Å². The zero-order valence-electron chi connectivity index (χ0n) is 19.1.